The lowest BCUT2D eigenvalue weighted by Crippen LogP contribution is -2.27. The smallest absolute Gasteiger partial charge is 0.243 e. The zero-order chi connectivity index (χ0) is 15.3. The van der Waals surface area contributed by atoms with Crippen LogP contribution in [-0.2, 0) is 23.0 Å². The first kappa shape index (κ1) is 15.7. The molecule has 0 aliphatic heterocycles. The van der Waals surface area contributed by atoms with Gasteiger partial charge in [-0.3, -0.25) is 0 Å². The molecule has 0 amide bonds. The Morgan fingerprint density at radius 1 is 1.29 bits per heavy atom. The van der Waals surface area contributed by atoms with Crippen molar-refractivity contribution in [1.29, 1.82) is 0 Å². The highest BCUT2D eigenvalue weighted by molar-refractivity contribution is 7.89. The number of benzene rings is 1. The van der Waals surface area contributed by atoms with Crippen LogP contribution in [0.4, 0.5) is 4.39 Å². The van der Waals surface area contributed by atoms with Crippen LogP contribution in [0.2, 0.25) is 0 Å². The van der Waals surface area contributed by atoms with Gasteiger partial charge in [-0.15, -0.1) is 0 Å². The lowest BCUT2D eigenvalue weighted by molar-refractivity contribution is 0.505. The van der Waals surface area contributed by atoms with Crippen LogP contribution in [0.25, 0.3) is 0 Å². The molecular formula is C14H17FN2O3S. The molecule has 0 radical (unpaired) electrons. The summed E-state index contributed by atoms with van der Waals surface area (Å²) in [5, 5.41) is 2.89. The average Bonchev–Trinajstić information content (AvgIpc) is 2.94. The van der Waals surface area contributed by atoms with Crippen molar-refractivity contribution in [2.75, 3.05) is 13.6 Å². The van der Waals surface area contributed by atoms with Gasteiger partial charge in [0.25, 0.3) is 0 Å². The van der Waals surface area contributed by atoms with E-state index in [2.05, 4.69) is 10.0 Å². The van der Waals surface area contributed by atoms with Gasteiger partial charge in [0, 0.05) is 19.5 Å². The van der Waals surface area contributed by atoms with E-state index in [1.54, 1.807) is 25.2 Å². The fraction of sp³-hybridized carbons (Fsp3) is 0.286. The van der Waals surface area contributed by atoms with Gasteiger partial charge in [-0.2, -0.15) is 0 Å². The number of sulfonamides is 1. The van der Waals surface area contributed by atoms with Crippen molar-refractivity contribution in [2.24, 2.45) is 0 Å². The molecule has 0 unspecified atom stereocenters. The van der Waals surface area contributed by atoms with E-state index in [0.29, 0.717) is 24.3 Å². The van der Waals surface area contributed by atoms with Crippen molar-refractivity contribution in [3.63, 3.8) is 0 Å². The maximum Gasteiger partial charge on any atom is 0.243 e. The minimum atomic E-state index is -3.88. The second kappa shape index (κ2) is 6.84. The van der Waals surface area contributed by atoms with Crippen LogP contribution < -0.4 is 10.0 Å². The van der Waals surface area contributed by atoms with Crippen LogP contribution in [0.3, 0.4) is 0 Å². The van der Waals surface area contributed by atoms with Gasteiger partial charge in [0.1, 0.15) is 16.5 Å². The van der Waals surface area contributed by atoms with Crippen molar-refractivity contribution < 1.29 is 17.2 Å². The molecule has 114 valence electrons. The van der Waals surface area contributed by atoms with Crippen molar-refractivity contribution in [3.05, 3.63) is 53.7 Å². The van der Waals surface area contributed by atoms with E-state index in [-0.39, 0.29) is 11.4 Å². The van der Waals surface area contributed by atoms with E-state index in [1.165, 1.54) is 12.3 Å². The normalized spacial score (nSPS) is 11.7. The third kappa shape index (κ3) is 4.13. The summed E-state index contributed by atoms with van der Waals surface area (Å²) in [6.45, 7) is 0.612. The van der Waals surface area contributed by atoms with Gasteiger partial charge in [0.05, 0.1) is 6.26 Å². The van der Waals surface area contributed by atoms with E-state index in [0.717, 1.165) is 6.07 Å². The highest BCUT2D eigenvalue weighted by Gasteiger charge is 2.19. The molecule has 0 fully saturated rings. The standard InChI is InChI=1S/C14H17FN2O3S/c1-16-10-11-4-5-13(15)14(9-11)21(18,19)17-7-6-12-3-2-8-20-12/h2-5,8-9,16-17H,6-7,10H2,1H3. The van der Waals surface area contributed by atoms with E-state index in [1.807, 2.05) is 0 Å². The second-order valence-electron chi connectivity index (χ2n) is 4.52. The predicted octanol–water partition coefficient (Wildman–Crippen LogP) is 1.66. The maximum absolute atomic E-state index is 13.7. The van der Waals surface area contributed by atoms with Gasteiger partial charge in [-0.1, -0.05) is 6.07 Å². The first-order chi connectivity index (χ1) is 10.0. The predicted molar refractivity (Wildman–Crippen MR) is 76.8 cm³/mol. The molecule has 0 saturated carbocycles. The molecule has 1 heterocycles. The molecule has 1 aromatic carbocycles. The Bertz CT molecular complexity index is 684. The summed E-state index contributed by atoms with van der Waals surface area (Å²) in [6.07, 6.45) is 1.93. The Morgan fingerprint density at radius 3 is 2.76 bits per heavy atom. The van der Waals surface area contributed by atoms with Gasteiger partial charge < -0.3 is 9.73 Å². The van der Waals surface area contributed by atoms with Crippen molar-refractivity contribution in [3.8, 4) is 0 Å². The number of rotatable bonds is 7. The summed E-state index contributed by atoms with van der Waals surface area (Å²) in [5.41, 5.74) is 0.699. The topological polar surface area (TPSA) is 71.3 Å². The molecular weight excluding hydrogens is 295 g/mol. The Hall–Kier alpha value is -1.70. The largest absolute Gasteiger partial charge is 0.469 e. The summed E-state index contributed by atoms with van der Waals surface area (Å²) >= 11 is 0. The van der Waals surface area contributed by atoms with Crippen LogP contribution in [0.5, 0.6) is 0 Å². The third-order valence-electron chi connectivity index (χ3n) is 2.91. The number of halogens is 1. The molecule has 2 aromatic rings. The van der Waals surface area contributed by atoms with Gasteiger partial charge in [0.15, 0.2) is 0 Å². The van der Waals surface area contributed by atoms with E-state index < -0.39 is 15.8 Å². The van der Waals surface area contributed by atoms with Crippen molar-refractivity contribution in [1.82, 2.24) is 10.0 Å². The molecule has 0 bridgehead atoms. The molecule has 7 heteroatoms. The van der Waals surface area contributed by atoms with Gasteiger partial charge >= 0.3 is 0 Å². The molecule has 21 heavy (non-hydrogen) atoms. The summed E-state index contributed by atoms with van der Waals surface area (Å²) in [6, 6.07) is 7.52. The molecule has 2 N–H and O–H groups in total. The number of hydrogen-bond acceptors (Lipinski definition) is 4. The van der Waals surface area contributed by atoms with Gasteiger partial charge in [-0.25, -0.2) is 17.5 Å². The highest BCUT2D eigenvalue weighted by Crippen LogP contribution is 2.16. The van der Waals surface area contributed by atoms with Crippen molar-refractivity contribution in [2.45, 2.75) is 17.9 Å². The molecule has 2 rings (SSSR count). The minimum Gasteiger partial charge on any atom is -0.469 e. The fourth-order valence-electron chi connectivity index (χ4n) is 1.91. The Balaban J connectivity index is 2.09. The quantitative estimate of drug-likeness (QED) is 0.815. The summed E-state index contributed by atoms with van der Waals surface area (Å²) in [4.78, 5) is -0.338. The molecule has 0 spiro atoms. The van der Waals surface area contributed by atoms with Gasteiger partial charge in [0.2, 0.25) is 10.0 Å². The zero-order valence-corrected chi connectivity index (χ0v) is 12.4. The maximum atomic E-state index is 13.7. The lowest BCUT2D eigenvalue weighted by atomic mass is 10.2. The molecule has 0 saturated heterocycles. The van der Waals surface area contributed by atoms with Crippen LogP contribution in [0.15, 0.2) is 45.9 Å². The van der Waals surface area contributed by atoms with Crippen LogP contribution in [0, 0.1) is 5.82 Å². The minimum absolute atomic E-state index is 0.144. The number of nitrogens with one attached hydrogen (secondary N) is 2. The number of furan rings is 1. The molecule has 0 atom stereocenters. The summed E-state index contributed by atoms with van der Waals surface area (Å²) in [5.74, 6) is -0.0949. The highest BCUT2D eigenvalue weighted by atomic mass is 32.2. The third-order valence-corrected chi connectivity index (χ3v) is 4.39. The lowest BCUT2D eigenvalue weighted by Gasteiger charge is -2.09. The molecule has 5 nitrogen and oxygen atoms in total. The second-order valence-corrected chi connectivity index (χ2v) is 6.26. The Kier molecular flexibility index (Phi) is 5.11. The Labute approximate surface area is 123 Å². The molecule has 1 aromatic heterocycles. The summed E-state index contributed by atoms with van der Waals surface area (Å²) in [7, 11) is -2.14. The monoisotopic (exact) mass is 312 g/mol. The van der Waals surface area contributed by atoms with E-state index >= 15 is 0 Å². The van der Waals surface area contributed by atoms with E-state index in [4.69, 9.17) is 4.42 Å². The zero-order valence-electron chi connectivity index (χ0n) is 11.6. The van der Waals surface area contributed by atoms with Crippen LogP contribution in [0.1, 0.15) is 11.3 Å². The first-order valence-electron chi connectivity index (χ1n) is 6.48. The molecule has 0 aliphatic rings. The van der Waals surface area contributed by atoms with Crippen molar-refractivity contribution >= 4 is 10.0 Å². The first-order valence-corrected chi connectivity index (χ1v) is 7.96. The van der Waals surface area contributed by atoms with Gasteiger partial charge in [-0.05, 0) is 36.9 Å². The van der Waals surface area contributed by atoms with E-state index in [9.17, 15) is 12.8 Å². The summed E-state index contributed by atoms with van der Waals surface area (Å²) < 4.78 is 45.5. The average molecular weight is 312 g/mol. The van der Waals surface area contributed by atoms with Crippen LogP contribution in [-0.4, -0.2) is 22.0 Å². The Morgan fingerprint density at radius 2 is 2.10 bits per heavy atom. The van der Waals surface area contributed by atoms with Crippen LogP contribution >= 0.6 is 0 Å². The SMILES string of the molecule is CNCc1ccc(F)c(S(=O)(=O)NCCc2ccco2)c1. The fourth-order valence-corrected chi connectivity index (χ4v) is 3.07. The number of hydrogen-bond donors (Lipinski definition) is 2. The molecule has 0 aliphatic carbocycles.